The maximum absolute atomic E-state index is 9.80. The maximum Gasteiger partial charge on any atom is 0.121 e. The summed E-state index contributed by atoms with van der Waals surface area (Å²) in [5.74, 6) is 0.404. The summed E-state index contributed by atoms with van der Waals surface area (Å²) in [5.41, 5.74) is 5.92. The van der Waals surface area contributed by atoms with Gasteiger partial charge in [-0.2, -0.15) is 0 Å². The Hall–Kier alpha value is -1.06. The molecular weight excluding hydrogens is 284 g/mol. The Labute approximate surface area is 129 Å². The Morgan fingerprint density at radius 1 is 0.650 bits per heavy atom. The van der Waals surface area contributed by atoms with Gasteiger partial charge in [0.15, 0.2) is 0 Å². The molecule has 0 atom stereocenters. The van der Waals surface area contributed by atoms with Gasteiger partial charge in [0.1, 0.15) is 5.75 Å². The summed E-state index contributed by atoms with van der Waals surface area (Å²) in [6.07, 6.45) is 0. The summed E-state index contributed by atoms with van der Waals surface area (Å²) in [4.78, 5) is 2.46. The molecule has 0 saturated carbocycles. The van der Waals surface area contributed by atoms with Crippen LogP contribution in [0.2, 0.25) is 0 Å². The smallest absolute Gasteiger partial charge is 0.121 e. The van der Waals surface area contributed by atoms with Gasteiger partial charge in [0, 0.05) is 9.79 Å². The van der Waals surface area contributed by atoms with Crippen molar-refractivity contribution in [2.45, 2.75) is 44.4 Å². The van der Waals surface area contributed by atoms with E-state index < -0.39 is 0 Å². The number of benzene rings is 2. The first-order valence-electron chi connectivity index (χ1n) is 6.61. The second kappa shape index (κ2) is 6.15. The fraction of sp³-hybridized carbons (Fsp3) is 0.294. The minimum absolute atomic E-state index is 0.404. The molecule has 3 heteroatoms. The first-order chi connectivity index (χ1) is 9.38. The molecule has 20 heavy (non-hydrogen) atoms. The van der Waals surface area contributed by atoms with E-state index in [0.717, 1.165) is 11.1 Å². The quantitative estimate of drug-likeness (QED) is 0.731. The molecule has 0 saturated heterocycles. The molecule has 0 aliphatic carbocycles. The van der Waals surface area contributed by atoms with Gasteiger partial charge in [-0.25, -0.2) is 0 Å². The molecule has 0 aliphatic heterocycles. The molecular formula is C17H20OS2. The zero-order chi connectivity index (χ0) is 14.9. The fourth-order valence-electron chi connectivity index (χ4n) is 2.10. The van der Waals surface area contributed by atoms with Gasteiger partial charge in [-0.15, -0.1) is 0 Å². The molecule has 2 aromatic carbocycles. The largest absolute Gasteiger partial charge is 0.507 e. The maximum atomic E-state index is 9.80. The van der Waals surface area contributed by atoms with Gasteiger partial charge in [0.25, 0.3) is 0 Å². The van der Waals surface area contributed by atoms with Gasteiger partial charge in [-0.3, -0.25) is 0 Å². The normalized spacial score (nSPS) is 10.8. The van der Waals surface area contributed by atoms with E-state index in [9.17, 15) is 5.11 Å². The van der Waals surface area contributed by atoms with E-state index in [1.54, 1.807) is 21.6 Å². The van der Waals surface area contributed by atoms with E-state index in [4.69, 9.17) is 0 Å². The third-order valence-electron chi connectivity index (χ3n) is 3.60. The standard InChI is InChI=1S/C17H20OS2/c1-10-6-15(7-11(2)14(10)5)19-20-16-8-12(3)17(18)13(4)9-16/h6-9,18H,1-5H3. The van der Waals surface area contributed by atoms with E-state index >= 15 is 0 Å². The van der Waals surface area contributed by atoms with Crippen LogP contribution < -0.4 is 0 Å². The highest BCUT2D eigenvalue weighted by Gasteiger charge is 2.06. The average Bonchev–Trinajstić information content (AvgIpc) is 2.39. The molecule has 0 radical (unpaired) electrons. The van der Waals surface area contributed by atoms with Crippen LogP contribution in [-0.4, -0.2) is 5.11 Å². The molecule has 0 heterocycles. The molecule has 0 aliphatic rings. The number of hydrogen-bond acceptors (Lipinski definition) is 3. The topological polar surface area (TPSA) is 20.2 Å². The average molecular weight is 304 g/mol. The van der Waals surface area contributed by atoms with Crippen LogP contribution in [0.25, 0.3) is 0 Å². The van der Waals surface area contributed by atoms with Crippen molar-refractivity contribution in [2.24, 2.45) is 0 Å². The summed E-state index contributed by atoms with van der Waals surface area (Å²) >= 11 is 0. The van der Waals surface area contributed by atoms with Crippen LogP contribution in [0, 0.1) is 34.6 Å². The van der Waals surface area contributed by atoms with Crippen LogP contribution in [0.4, 0.5) is 0 Å². The van der Waals surface area contributed by atoms with E-state index in [2.05, 4.69) is 32.9 Å². The Morgan fingerprint density at radius 2 is 1.00 bits per heavy atom. The van der Waals surface area contributed by atoms with Crippen molar-refractivity contribution >= 4 is 21.6 Å². The van der Waals surface area contributed by atoms with Gasteiger partial charge in [-0.05, 0) is 86.7 Å². The van der Waals surface area contributed by atoms with Gasteiger partial charge in [-0.1, -0.05) is 21.6 Å². The Bertz CT molecular complexity index is 544. The van der Waals surface area contributed by atoms with Crippen molar-refractivity contribution in [3.63, 3.8) is 0 Å². The van der Waals surface area contributed by atoms with Crippen LogP contribution in [0.5, 0.6) is 5.75 Å². The second-order valence-electron chi connectivity index (χ2n) is 5.25. The van der Waals surface area contributed by atoms with E-state index in [1.807, 2.05) is 26.0 Å². The highest BCUT2D eigenvalue weighted by Crippen LogP contribution is 2.40. The monoisotopic (exact) mass is 304 g/mol. The zero-order valence-corrected chi connectivity index (χ0v) is 14.2. The first kappa shape index (κ1) is 15.3. The molecule has 1 nitrogen and oxygen atoms in total. The number of phenols is 1. The fourth-order valence-corrected chi connectivity index (χ4v) is 4.35. The molecule has 0 amide bonds. The Balaban J connectivity index is 2.17. The molecule has 0 unspecified atom stereocenters. The van der Waals surface area contributed by atoms with E-state index in [0.29, 0.717) is 5.75 Å². The minimum Gasteiger partial charge on any atom is -0.507 e. The minimum atomic E-state index is 0.404. The van der Waals surface area contributed by atoms with Crippen molar-refractivity contribution in [2.75, 3.05) is 0 Å². The zero-order valence-electron chi connectivity index (χ0n) is 12.6. The number of aryl methyl sites for hydroxylation is 4. The summed E-state index contributed by atoms with van der Waals surface area (Å²) in [6, 6.07) is 8.54. The number of hydrogen-bond donors (Lipinski definition) is 1. The molecule has 0 aromatic heterocycles. The van der Waals surface area contributed by atoms with Crippen molar-refractivity contribution in [3.05, 3.63) is 52.1 Å². The third kappa shape index (κ3) is 3.33. The molecule has 106 valence electrons. The van der Waals surface area contributed by atoms with E-state index in [-0.39, 0.29) is 0 Å². The lowest BCUT2D eigenvalue weighted by Gasteiger charge is -2.10. The van der Waals surface area contributed by atoms with Crippen molar-refractivity contribution in [1.29, 1.82) is 0 Å². The highest BCUT2D eigenvalue weighted by atomic mass is 33.1. The predicted octanol–water partition coefficient (Wildman–Crippen LogP) is 5.73. The first-order valence-corrected chi connectivity index (χ1v) is 8.76. The molecule has 1 N–H and O–H groups in total. The number of rotatable bonds is 3. The van der Waals surface area contributed by atoms with Gasteiger partial charge >= 0.3 is 0 Å². The van der Waals surface area contributed by atoms with Crippen LogP contribution in [0.1, 0.15) is 27.8 Å². The van der Waals surface area contributed by atoms with Crippen molar-refractivity contribution in [1.82, 2.24) is 0 Å². The molecule has 0 spiro atoms. The van der Waals surface area contributed by atoms with Crippen molar-refractivity contribution in [3.8, 4) is 5.75 Å². The van der Waals surface area contributed by atoms with Gasteiger partial charge < -0.3 is 5.11 Å². The third-order valence-corrected chi connectivity index (χ3v) is 5.94. The lowest BCUT2D eigenvalue weighted by Crippen LogP contribution is -1.86. The summed E-state index contributed by atoms with van der Waals surface area (Å²) in [6.45, 7) is 10.4. The van der Waals surface area contributed by atoms with Gasteiger partial charge in [0.2, 0.25) is 0 Å². The van der Waals surface area contributed by atoms with Crippen molar-refractivity contribution < 1.29 is 5.11 Å². The summed E-state index contributed by atoms with van der Waals surface area (Å²) in [5, 5.41) is 9.80. The number of aromatic hydroxyl groups is 1. The second-order valence-corrected chi connectivity index (χ2v) is 7.53. The number of phenolic OH excluding ortho intramolecular Hbond substituents is 1. The SMILES string of the molecule is Cc1cc(SSc2cc(C)c(O)c(C)c2)cc(C)c1C. The lowest BCUT2D eigenvalue weighted by molar-refractivity contribution is 0.466. The van der Waals surface area contributed by atoms with Crippen LogP contribution in [0.3, 0.4) is 0 Å². The van der Waals surface area contributed by atoms with Gasteiger partial charge in [0.05, 0.1) is 0 Å². The summed E-state index contributed by atoms with van der Waals surface area (Å²) < 4.78 is 0. The Morgan fingerprint density at radius 3 is 1.40 bits per heavy atom. The van der Waals surface area contributed by atoms with Crippen LogP contribution in [-0.2, 0) is 0 Å². The van der Waals surface area contributed by atoms with Crippen LogP contribution >= 0.6 is 21.6 Å². The molecule has 2 rings (SSSR count). The van der Waals surface area contributed by atoms with Crippen LogP contribution in [0.15, 0.2) is 34.1 Å². The molecule has 0 fully saturated rings. The highest BCUT2D eigenvalue weighted by molar-refractivity contribution is 8.76. The summed E-state index contributed by atoms with van der Waals surface area (Å²) in [7, 11) is 3.51. The van der Waals surface area contributed by atoms with E-state index in [1.165, 1.54) is 26.5 Å². The molecule has 2 aromatic rings. The Kier molecular flexibility index (Phi) is 4.71. The lowest BCUT2D eigenvalue weighted by atomic mass is 10.1. The molecule has 0 bridgehead atoms. The predicted molar refractivity (Wildman–Crippen MR) is 89.9 cm³/mol.